The first kappa shape index (κ1) is 8.81. The highest BCUT2D eigenvalue weighted by Gasteiger charge is 2.14. The van der Waals surface area contributed by atoms with E-state index in [9.17, 15) is 0 Å². The van der Waals surface area contributed by atoms with E-state index in [0.717, 1.165) is 23.3 Å². The summed E-state index contributed by atoms with van der Waals surface area (Å²) < 4.78 is 5.12. The highest BCUT2D eigenvalue weighted by atomic mass is 32.1. The average molecular weight is 198 g/mol. The first-order valence-electron chi connectivity index (χ1n) is 4.65. The maximum Gasteiger partial charge on any atom is 0.195 e. The molecule has 4 heteroatoms. The first-order valence-corrected chi connectivity index (χ1v) is 5.46. The Hall–Kier alpha value is -0.770. The van der Waals surface area contributed by atoms with E-state index in [0.29, 0.717) is 0 Å². The highest BCUT2D eigenvalue weighted by molar-refractivity contribution is 7.17. The summed E-state index contributed by atoms with van der Waals surface area (Å²) in [6, 6.07) is 0. The fourth-order valence-corrected chi connectivity index (χ4v) is 2.36. The van der Waals surface area contributed by atoms with Crippen LogP contribution in [0, 0.1) is 0 Å². The van der Waals surface area contributed by atoms with Crippen LogP contribution in [0.4, 0.5) is 5.13 Å². The predicted octanol–water partition coefficient (Wildman–Crippen LogP) is 2.14. The second-order valence-corrected chi connectivity index (χ2v) is 4.19. The fourth-order valence-electron chi connectivity index (χ4n) is 1.58. The van der Waals surface area contributed by atoms with Gasteiger partial charge in [0.05, 0.1) is 13.3 Å². The van der Waals surface area contributed by atoms with E-state index in [2.05, 4.69) is 9.88 Å². The smallest absolute Gasteiger partial charge is 0.195 e. The summed E-state index contributed by atoms with van der Waals surface area (Å²) in [7, 11) is 1.69. The topological polar surface area (TPSA) is 25.4 Å². The van der Waals surface area contributed by atoms with Gasteiger partial charge in [-0.15, -0.1) is 0 Å². The third kappa shape index (κ3) is 1.94. The predicted molar refractivity (Wildman–Crippen MR) is 54.7 cm³/mol. The summed E-state index contributed by atoms with van der Waals surface area (Å²) in [6.07, 6.45) is 5.75. The number of piperidine rings is 1. The fraction of sp³-hybridized carbons (Fsp3) is 0.667. The van der Waals surface area contributed by atoms with Gasteiger partial charge in [-0.3, -0.25) is 0 Å². The van der Waals surface area contributed by atoms with Crippen molar-refractivity contribution >= 4 is 16.5 Å². The average Bonchev–Trinajstić information content (AvgIpc) is 2.67. The van der Waals surface area contributed by atoms with Crippen molar-refractivity contribution in [1.82, 2.24) is 4.98 Å². The van der Waals surface area contributed by atoms with Gasteiger partial charge in [-0.1, -0.05) is 11.3 Å². The molecule has 0 bridgehead atoms. The molecule has 0 unspecified atom stereocenters. The van der Waals surface area contributed by atoms with Crippen molar-refractivity contribution < 1.29 is 4.74 Å². The van der Waals surface area contributed by atoms with Gasteiger partial charge in [0.2, 0.25) is 0 Å². The summed E-state index contributed by atoms with van der Waals surface area (Å²) in [5.74, 6) is 0. The number of methoxy groups -OCH3 is 1. The number of thiazole rings is 1. The normalized spacial score (nSPS) is 17.5. The minimum absolute atomic E-state index is 0.903. The third-order valence-electron chi connectivity index (χ3n) is 2.30. The molecule has 1 saturated heterocycles. The number of ether oxygens (including phenoxy) is 1. The molecule has 0 aliphatic carbocycles. The van der Waals surface area contributed by atoms with Gasteiger partial charge < -0.3 is 9.64 Å². The van der Waals surface area contributed by atoms with Crippen LogP contribution in [0.5, 0.6) is 5.06 Å². The molecule has 1 aliphatic rings. The lowest BCUT2D eigenvalue weighted by Gasteiger charge is -2.25. The zero-order valence-electron chi connectivity index (χ0n) is 7.82. The van der Waals surface area contributed by atoms with Gasteiger partial charge in [-0.25, -0.2) is 4.98 Å². The summed E-state index contributed by atoms with van der Waals surface area (Å²) >= 11 is 1.63. The molecular formula is C9H14N2OS. The number of aromatic nitrogens is 1. The molecule has 72 valence electrons. The monoisotopic (exact) mass is 198 g/mol. The summed E-state index contributed by atoms with van der Waals surface area (Å²) in [4.78, 5) is 6.67. The second-order valence-electron chi connectivity index (χ2n) is 3.21. The largest absolute Gasteiger partial charge is 0.486 e. The Bertz CT molecular complexity index is 268. The van der Waals surface area contributed by atoms with Gasteiger partial charge in [-0.2, -0.15) is 0 Å². The van der Waals surface area contributed by atoms with Crippen molar-refractivity contribution in [2.24, 2.45) is 0 Å². The molecule has 1 fully saturated rings. The number of nitrogens with zero attached hydrogens (tertiary/aromatic N) is 2. The van der Waals surface area contributed by atoms with E-state index in [-0.39, 0.29) is 0 Å². The number of rotatable bonds is 2. The van der Waals surface area contributed by atoms with Gasteiger partial charge in [0.1, 0.15) is 0 Å². The SMILES string of the molecule is COc1cnc(N2CCCCC2)s1. The van der Waals surface area contributed by atoms with Crippen LogP contribution in [0.15, 0.2) is 6.20 Å². The number of hydrogen-bond donors (Lipinski definition) is 0. The second kappa shape index (κ2) is 3.96. The van der Waals surface area contributed by atoms with E-state index in [1.807, 2.05) is 0 Å². The van der Waals surface area contributed by atoms with Crippen molar-refractivity contribution in [1.29, 1.82) is 0 Å². The highest BCUT2D eigenvalue weighted by Crippen LogP contribution is 2.29. The Labute approximate surface area is 82.3 Å². The van der Waals surface area contributed by atoms with E-state index in [1.165, 1.54) is 19.3 Å². The molecule has 2 heterocycles. The quantitative estimate of drug-likeness (QED) is 0.728. The lowest BCUT2D eigenvalue weighted by atomic mass is 10.1. The van der Waals surface area contributed by atoms with Crippen LogP contribution in [0.1, 0.15) is 19.3 Å². The molecular weight excluding hydrogens is 184 g/mol. The third-order valence-corrected chi connectivity index (χ3v) is 3.32. The molecule has 1 aromatic heterocycles. The molecule has 1 aromatic rings. The molecule has 0 N–H and O–H groups in total. The van der Waals surface area contributed by atoms with Gasteiger partial charge in [0.25, 0.3) is 0 Å². The van der Waals surface area contributed by atoms with Gasteiger partial charge in [0, 0.05) is 13.1 Å². The Balaban J connectivity index is 2.05. The Morgan fingerprint density at radius 3 is 2.77 bits per heavy atom. The van der Waals surface area contributed by atoms with E-state index in [4.69, 9.17) is 4.74 Å². The molecule has 0 atom stereocenters. The van der Waals surface area contributed by atoms with Crippen LogP contribution >= 0.6 is 11.3 Å². The zero-order chi connectivity index (χ0) is 9.10. The summed E-state index contributed by atoms with van der Waals surface area (Å²) in [5.41, 5.74) is 0. The van der Waals surface area contributed by atoms with Crippen LogP contribution in [0.25, 0.3) is 0 Å². The van der Waals surface area contributed by atoms with Crippen LogP contribution in [-0.2, 0) is 0 Å². The van der Waals surface area contributed by atoms with Crippen molar-refractivity contribution in [3.8, 4) is 5.06 Å². The molecule has 13 heavy (non-hydrogen) atoms. The summed E-state index contributed by atoms with van der Waals surface area (Å²) in [6.45, 7) is 2.30. The van der Waals surface area contributed by atoms with E-state index < -0.39 is 0 Å². The molecule has 2 rings (SSSR count). The van der Waals surface area contributed by atoms with Gasteiger partial charge in [0.15, 0.2) is 10.2 Å². The maximum absolute atomic E-state index is 5.12. The van der Waals surface area contributed by atoms with Crippen LogP contribution in [0.3, 0.4) is 0 Å². The summed E-state index contributed by atoms with van der Waals surface area (Å²) in [5, 5.41) is 2.01. The molecule has 0 radical (unpaired) electrons. The van der Waals surface area contributed by atoms with Crippen molar-refractivity contribution in [3.05, 3.63) is 6.20 Å². The van der Waals surface area contributed by atoms with Crippen molar-refractivity contribution in [3.63, 3.8) is 0 Å². The Morgan fingerprint density at radius 1 is 1.38 bits per heavy atom. The van der Waals surface area contributed by atoms with Crippen molar-refractivity contribution in [2.45, 2.75) is 19.3 Å². The van der Waals surface area contributed by atoms with Crippen LogP contribution in [-0.4, -0.2) is 25.2 Å². The molecule has 0 saturated carbocycles. The Morgan fingerprint density at radius 2 is 2.15 bits per heavy atom. The number of hydrogen-bond acceptors (Lipinski definition) is 4. The first-order chi connectivity index (χ1) is 6.40. The van der Waals surface area contributed by atoms with Crippen LogP contribution in [0.2, 0.25) is 0 Å². The number of anilines is 1. The molecule has 3 nitrogen and oxygen atoms in total. The van der Waals surface area contributed by atoms with Gasteiger partial charge >= 0.3 is 0 Å². The zero-order valence-corrected chi connectivity index (χ0v) is 8.64. The molecule has 0 spiro atoms. The standard InChI is InChI=1S/C9H14N2OS/c1-12-8-7-10-9(13-8)11-5-3-2-4-6-11/h7H,2-6H2,1H3. The van der Waals surface area contributed by atoms with Gasteiger partial charge in [-0.05, 0) is 19.3 Å². The lowest BCUT2D eigenvalue weighted by Crippen LogP contribution is -2.29. The van der Waals surface area contributed by atoms with E-state index in [1.54, 1.807) is 24.6 Å². The van der Waals surface area contributed by atoms with Crippen molar-refractivity contribution in [2.75, 3.05) is 25.1 Å². The lowest BCUT2D eigenvalue weighted by molar-refractivity contribution is 0.426. The Kier molecular flexibility index (Phi) is 2.68. The van der Waals surface area contributed by atoms with E-state index >= 15 is 0 Å². The minimum atomic E-state index is 0.903. The van der Waals surface area contributed by atoms with Crippen LogP contribution < -0.4 is 9.64 Å². The molecule has 0 aromatic carbocycles. The minimum Gasteiger partial charge on any atom is -0.486 e. The molecule has 1 aliphatic heterocycles. The maximum atomic E-state index is 5.12. The molecule has 0 amide bonds.